The van der Waals surface area contributed by atoms with Crippen molar-refractivity contribution in [3.05, 3.63) is 88.1 Å². The van der Waals surface area contributed by atoms with E-state index in [9.17, 15) is 9.59 Å². The zero-order chi connectivity index (χ0) is 31.7. The van der Waals surface area contributed by atoms with Gasteiger partial charge in [0, 0.05) is 41.0 Å². The number of halogens is 3. The second kappa shape index (κ2) is 14.3. The van der Waals surface area contributed by atoms with Gasteiger partial charge in [-0.2, -0.15) is 0 Å². The van der Waals surface area contributed by atoms with Crippen LogP contribution in [0.25, 0.3) is 0 Å². The molecule has 8 nitrogen and oxygen atoms in total. The lowest BCUT2D eigenvalue weighted by molar-refractivity contribution is 0.0922. The summed E-state index contributed by atoms with van der Waals surface area (Å²) >= 11 is 0. The quantitative estimate of drug-likeness (QED) is 0.277. The number of carbonyl (C=O) groups excluding carboxylic acids is 2. The van der Waals surface area contributed by atoms with Gasteiger partial charge in [-0.3, -0.25) is 9.59 Å². The number of aromatic nitrogens is 1. The summed E-state index contributed by atoms with van der Waals surface area (Å²) in [6, 6.07) is 11.5. The van der Waals surface area contributed by atoms with Gasteiger partial charge >= 0.3 is 0 Å². The Bertz CT molecular complexity index is 1530. The molecular formula is C35H42ClF2N5O3. The third-order valence-electron chi connectivity index (χ3n) is 9.78. The van der Waals surface area contributed by atoms with Crippen LogP contribution < -0.4 is 25.6 Å². The Hall–Kier alpha value is -3.76. The van der Waals surface area contributed by atoms with Crippen molar-refractivity contribution < 1.29 is 23.1 Å². The number of ether oxygens (including phenoxy) is 1. The first-order chi connectivity index (χ1) is 21.7. The lowest BCUT2D eigenvalue weighted by Gasteiger charge is -2.40. The molecule has 3 N–H and O–H groups in total. The normalized spacial score (nSPS) is 21.7. The molecule has 3 aliphatic rings. The summed E-state index contributed by atoms with van der Waals surface area (Å²) in [5, 5.41) is 9.24. The topological polar surface area (TPSA) is 95.6 Å². The SMILES string of the molecule is COc1cccc(C(=O)NC2CC3CCC(C2)N3c2ccc(C(=O)NC(C)c3c(F)cc(C4CCNCC4)cc3F)cn2)c1C.Cl. The number of hydrogen-bond donors (Lipinski definition) is 3. The predicted octanol–water partition coefficient (Wildman–Crippen LogP) is 5.99. The van der Waals surface area contributed by atoms with Crippen LogP contribution in [-0.2, 0) is 0 Å². The van der Waals surface area contributed by atoms with Crippen LogP contribution in [0.3, 0.4) is 0 Å². The fourth-order valence-corrected chi connectivity index (χ4v) is 7.45. The van der Waals surface area contributed by atoms with Crippen molar-refractivity contribution in [2.45, 2.75) is 82.5 Å². The van der Waals surface area contributed by atoms with E-state index in [2.05, 4.69) is 25.8 Å². The van der Waals surface area contributed by atoms with Crippen LogP contribution in [0.15, 0.2) is 48.7 Å². The number of carbonyl (C=O) groups is 2. The summed E-state index contributed by atoms with van der Waals surface area (Å²) in [5.74, 6) is -0.217. The van der Waals surface area contributed by atoms with E-state index in [0.29, 0.717) is 22.4 Å². The second-order valence-electron chi connectivity index (χ2n) is 12.6. The standard InChI is InChI=1S/C35H41F2N5O3.ClH/c1-20-28(5-4-6-31(20)45-3)35(44)41-25-17-26-8-9-27(18-25)42(26)32-10-7-23(19-39-32)34(43)40-21(2)33-29(36)15-24(16-30(33)37)22-11-13-38-14-12-22;/h4-7,10,15-16,19,21-22,25-27,38H,8-9,11-14,17-18H2,1-3H3,(H,40,43)(H,41,44);1H. The van der Waals surface area contributed by atoms with Crippen molar-refractivity contribution in [3.63, 3.8) is 0 Å². The number of fused-ring (bicyclic) bond motifs is 2. The number of benzene rings is 2. The Balaban J connectivity index is 0.00000417. The molecule has 0 spiro atoms. The molecule has 3 unspecified atom stereocenters. The number of piperidine rings is 2. The summed E-state index contributed by atoms with van der Waals surface area (Å²) in [7, 11) is 1.60. The summed E-state index contributed by atoms with van der Waals surface area (Å²) < 4.78 is 35.6. The second-order valence-corrected chi connectivity index (χ2v) is 12.6. The highest BCUT2D eigenvalue weighted by Crippen LogP contribution is 2.39. The molecule has 2 amide bonds. The molecule has 46 heavy (non-hydrogen) atoms. The molecule has 0 saturated carbocycles. The maximum atomic E-state index is 15.1. The van der Waals surface area contributed by atoms with Crippen LogP contribution in [0.1, 0.15) is 94.8 Å². The van der Waals surface area contributed by atoms with Gasteiger partial charge in [-0.05, 0) is 113 Å². The van der Waals surface area contributed by atoms with Gasteiger partial charge in [0.15, 0.2) is 0 Å². The number of rotatable bonds is 8. The Morgan fingerprint density at radius 2 is 1.67 bits per heavy atom. The van der Waals surface area contributed by atoms with Crippen LogP contribution in [-0.4, -0.2) is 55.1 Å². The van der Waals surface area contributed by atoms with Gasteiger partial charge in [-0.25, -0.2) is 13.8 Å². The smallest absolute Gasteiger partial charge is 0.253 e. The molecule has 246 valence electrons. The Kier molecular flexibility index (Phi) is 10.5. The van der Waals surface area contributed by atoms with Crippen LogP contribution in [0.4, 0.5) is 14.6 Å². The molecule has 11 heteroatoms. The van der Waals surface area contributed by atoms with Crippen molar-refractivity contribution in [3.8, 4) is 5.75 Å². The predicted molar refractivity (Wildman–Crippen MR) is 176 cm³/mol. The first-order valence-corrected chi connectivity index (χ1v) is 15.9. The van der Waals surface area contributed by atoms with Crippen molar-refractivity contribution in [1.82, 2.24) is 20.9 Å². The van der Waals surface area contributed by atoms with Gasteiger partial charge in [0.2, 0.25) is 0 Å². The van der Waals surface area contributed by atoms with E-state index in [0.717, 1.165) is 63.0 Å². The fourth-order valence-electron chi connectivity index (χ4n) is 7.45. The minimum Gasteiger partial charge on any atom is -0.496 e. The highest BCUT2D eigenvalue weighted by Gasteiger charge is 2.42. The monoisotopic (exact) mass is 653 g/mol. The summed E-state index contributed by atoms with van der Waals surface area (Å²) in [6.07, 6.45) is 6.82. The van der Waals surface area contributed by atoms with Crippen molar-refractivity contribution in [2.75, 3.05) is 25.1 Å². The van der Waals surface area contributed by atoms with Gasteiger partial charge in [-0.1, -0.05) is 6.07 Å². The number of anilines is 1. The largest absolute Gasteiger partial charge is 0.496 e. The van der Waals surface area contributed by atoms with Crippen molar-refractivity contribution in [1.29, 1.82) is 0 Å². The minimum absolute atomic E-state index is 0. The van der Waals surface area contributed by atoms with Crippen LogP contribution in [0.5, 0.6) is 5.75 Å². The van der Waals surface area contributed by atoms with E-state index in [-0.39, 0.29) is 47.9 Å². The summed E-state index contributed by atoms with van der Waals surface area (Å²) in [5.41, 5.74) is 2.29. The number of pyridine rings is 1. The van der Waals surface area contributed by atoms with E-state index in [1.54, 1.807) is 20.1 Å². The molecule has 3 saturated heterocycles. The van der Waals surface area contributed by atoms with Gasteiger partial charge in [0.25, 0.3) is 11.8 Å². The van der Waals surface area contributed by atoms with Crippen LogP contribution in [0, 0.1) is 18.6 Å². The van der Waals surface area contributed by atoms with E-state index < -0.39 is 23.6 Å². The molecule has 3 aromatic rings. The molecule has 4 heterocycles. The van der Waals surface area contributed by atoms with Gasteiger partial charge in [-0.15, -0.1) is 12.4 Å². The highest BCUT2D eigenvalue weighted by molar-refractivity contribution is 5.96. The van der Waals surface area contributed by atoms with E-state index in [1.165, 1.54) is 18.3 Å². The molecule has 0 radical (unpaired) electrons. The summed E-state index contributed by atoms with van der Waals surface area (Å²) in [4.78, 5) is 33.1. The molecular weight excluding hydrogens is 612 g/mol. The maximum absolute atomic E-state index is 15.1. The maximum Gasteiger partial charge on any atom is 0.253 e. The zero-order valence-electron chi connectivity index (χ0n) is 26.4. The molecule has 2 bridgehead atoms. The molecule has 3 atom stereocenters. The lowest BCUT2D eigenvalue weighted by Crippen LogP contribution is -2.50. The number of amides is 2. The van der Waals surface area contributed by atoms with Crippen molar-refractivity contribution >= 4 is 30.0 Å². The fraction of sp³-hybridized carbons (Fsp3) is 0.457. The van der Waals surface area contributed by atoms with Gasteiger partial charge in [0.05, 0.1) is 18.7 Å². The average molecular weight is 654 g/mol. The molecule has 1 aromatic heterocycles. The van der Waals surface area contributed by atoms with Crippen molar-refractivity contribution in [2.24, 2.45) is 0 Å². The minimum atomic E-state index is -0.856. The van der Waals surface area contributed by atoms with Gasteiger partial charge in [0.1, 0.15) is 23.2 Å². The zero-order valence-corrected chi connectivity index (χ0v) is 27.3. The average Bonchev–Trinajstić information content (AvgIpc) is 3.30. The molecule has 3 fully saturated rings. The van der Waals surface area contributed by atoms with Crippen LogP contribution >= 0.6 is 12.4 Å². The number of nitrogens with one attached hydrogen (secondary N) is 3. The first kappa shape index (κ1) is 33.6. The third-order valence-corrected chi connectivity index (χ3v) is 9.78. The van der Waals surface area contributed by atoms with E-state index >= 15 is 8.78 Å². The summed E-state index contributed by atoms with van der Waals surface area (Å²) in [6.45, 7) is 5.14. The Morgan fingerprint density at radius 1 is 1.00 bits per heavy atom. The first-order valence-electron chi connectivity index (χ1n) is 15.9. The van der Waals surface area contributed by atoms with E-state index in [1.807, 2.05) is 31.2 Å². The van der Waals surface area contributed by atoms with Gasteiger partial charge < -0.3 is 25.6 Å². The number of nitrogens with zero attached hydrogens (tertiary/aromatic N) is 2. The molecule has 0 aliphatic carbocycles. The Morgan fingerprint density at radius 3 is 2.28 bits per heavy atom. The highest BCUT2D eigenvalue weighted by atomic mass is 35.5. The molecule has 3 aliphatic heterocycles. The Labute approximate surface area is 275 Å². The third kappa shape index (κ3) is 6.83. The van der Waals surface area contributed by atoms with E-state index in [4.69, 9.17) is 4.74 Å². The number of methoxy groups -OCH3 is 1. The lowest BCUT2D eigenvalue weighted by atomic mass is 9.89. The number of hydrogen-bond acceptors (Lipinski definition) is 6. The molecule has 2 aromatic carbocycles. The van der Waals surface area contributed by atoms with Crippen LogP contribution in [0.2, 0.25) is 0 Å². The molecule has 6 rings (SSSR count).